The highest BCUT2D eigenvalue weighted by molar-refractivity contribution is 8.25. The molecule has 0 fully saturated rings. The Balaban J connectivity index is 1.30. The summed E-state index contributed by atoms with van der Waals surface area (Å²) in [6.07, 6.45) is 0. The average molecular weight is 611 g/mol. The maximum Gasteiger partial charge on any atom is 0.146 e. The van der Waals surface area contributed by atoms with Gasteiger partial charge in [0.05, 0.1) is 16.6 Å². The van der Waals surface area contributed by atoms with Crippen LogP contribution in [-0.4, -0.2) is 9.38 Å². The lowest BCUT2D eigenvalue weighted by Gasteiger charge is -2.24. The molecule has 45 heavy (non-hydrogen) atoms. The third-order valence-electron chi connectivity index (χ3n) is 9.02. The minimum absolute atomic E-state index is 0.987. The largest absolute Gasteiger partial charge is 0.292 e. The molecule has 0 aliphatic heterocycles. The molecule has 0 amide bonds. The maximum atomic E-state index is 6.68. The van der Waals surface area contributed by atoms with Crippen LogP contribution in [-0.2, 0) is 11.8 Å². The van der Waals surface area contributed by atoms with Gasteiger partial charge in [-0.15, -0.1) is 0 Å². The Hall–Kier alpha value is -5.08. The van der Waals surface area contributed by atoms with Gasteiger partial charge in [-0.1, -0.05) is 145 Å². The minimum Gasteiger partial charge on any atom is -0.292 e. The van der Waals surface area contributed by atoms with Crippen molar-refractivity contribution in [2.45, 2.75) is 0 Å². The summed E-state index contributed by atoms with van der Waals surface area (Å²) in [6, 6.07) is 56.4. The first-order valence-corrected chi connectivity index (χ1v) is 18.0. The number of pyridine rings is 1. The summed E-state index contributed by atoms with van der Waals surface area (Å²) in [4.78, 5) is 5.13. The van der Waals surface area contributed by atoms with E-state index in [1.807, 2.05) is 0 Å². The van der Waals surface area contributed by atoms with Crippen molar-refractivity contribution in [3.63, 3.8) is 0 Å². The van der Waals surface area contributed by atoms with Crippen LogP contribution in [0.2, 0.25) is 0 Å². The van der Waals surface area contributed by atoms with Crippen LogP contribution in [0.15, 0.2) is 164 Å². The lowest BCUT2D eigenvalue weighted by atomic mass is 9.94. The van der Waals surface area contributed by atoms with Crippen molar-refractivity contribution < 1.29 is 0 Å². The number of imidazole rings is 1. The number of hydrogen-bond acceptors (Lipinski definition) is 2. The molecule has 2 heterocycles. The number of hydrogen-bond donors (Lipinski definition) is 0. The van der Waals surface area contributed by atoms with Gasteiger partial charge in [-0.3, -0.25) is 4.40 Å². The summed E-state index contributed by atoms with van der Waals surface area (Å²) >= 11 is 6.68. The molecule has 0 atom stereocenters. The fourth-order valence-corrected chi connectivity index (χ4v) is 10.7. The Morgan fingerprint density at radius 2 is 1.13 bits per heavy atom. The van der Waals surface area contributed by atoms with Crippen LogP contribution < -0.4 is 15.9 Å². The lowest BCUT2D eigenvalue weighted by Crippen LogP contribution is -2.24. The topological polar surface area (TPSA) is 17.3 Å². The summed E-state index contributed by atoms with van der Waals surface area (Å²) in [6.45, 7) is 0. The van der Waals surface area contributed by atoms with E-state index >= 15 is 0 Å². The van der Waals surface area contributed by atoms with Crippen LogP contribution in [0.4, 0.5) is 0 Å². The van der Waals surface area contributed by atoms with Gasteiger partial charge in [0.2, 0.25) is 0 Å². The molecule has 0 N–H and O–H groups in total. The Kier molecular flexibility index (Phi) is 5.99. The lowest BCUT2D eigenvalue weighted by molar-refractivity contribution is 1.31. The van der Waals surface area contributed by atoms with Crippen LogP contribution in [0.1, 0.15) is 0 Å². The monoisotopic (exact) mass is 610 g/mol. The van der Waals surface area contributed by atoms with E-state index in [1.165, 1.54) is 48.6 Å². The van der Waals surface area contributed by atoms with Crippen molar-refractivity contribution in [3.8, 4) is 11.1 Å². The number of para-hydroxylation sites is 3. The zero-order chi connectivity index (χ0) is 30.0. The van der Waals surface area contributed by atoms with E-state index in [0.29, 0.717) is 0 Å². The molecule has 0 spiro atoms. The molecule has 0 saturated heterocycles. The maximum absolute atomic E-state index is 6.68. The molecule has 212 valence electrons. The first-order valence-electron chi connectivity index (χ1n) is 15.2. The number of fused-ring (bicyclic) bond motifs is 9. The molecule has 4 heteroatoms. The Labute approximate surface area is 266 Å². The smallest absolute Gasteiger partial charge is 0.146 e. The second kappa shape index (κ2) is 10.2. The third-order valence-corrected chi connectivity index (χ3v) is 14.0. The summed E-state index contributed by atoms with van der Waals surface area (Å²) < 4.78 is 2.31. The molecule has 9 rings (SSSR count). The molecule has 0 radical (unpaired) electrons. The highest BCUT2D eigenvalue weighted by Gasteiger charge is 2.25. The van der Waals surface area contributed by atoms with Crippen molar-refractivity contribution in [1.82, 2.24) is 9.38 Å². The van der Waals surface area contributed by atoms with E-state index < -0.39 is 6.04 Å². The molecule has 0 aliphatic rings. The average Bonchev–Trinajstić information content (AvgIpc) is 3.52. The first-order chi connectivity index (χ1) is 22.2. The Morgan fingerprint density at radius 1 is 0.489 bits per heavy atom. The fraction of sp³-hybridized carbons (Fsp3) is 0. The standard InChI is InChI=1S/C41H27N2PS/c45-44(31-12-3-1-4-13-31,32-14-5-2-6-15-32)33-25-24-28-22-23-29(26-30(28)27-33)34-17-11-18-36-40(34)35-16-7-9-20-38(35)43-39-21-10-8-19-37(39)42-41(36)43/h1-27H. The zero-order valence-corrected chi connectivity index (χ0v) is 26.0. The molecule has 0 aliphatic carbocycles. The summed E-state index contributed by atoms with van der Waals surface area (Å²) in [5, 5.41) is 9.61. The Bertz CT molecular complexity index is 2580. The molecule has 9 aromatic rings. The number of rotatable bonds is 4. The van der Waals surface area contributed by atoms with E-state index in [1.54, 1.807) is 0 Å². The van der Waals surface area contributed by atoms with Crippen molar-refractivity contribution in [3.05, 3.63) is 164 Å². The van der Waals surface area contributed by atoms with Crippen molar-refractivity contribution in [1.29, 1.82) is 0 Å². The van der Waals surface area contributed by atoms with Crippen LogP contribution in [0.25, 0.3) is 60.3 Å². The van der Waals surface area contributed by atoms with Crippen LogP contribution >= 0.6 is 6.04 Å². The van der Waals surface area contributed by atoms with Gasteiger partial charge in [0.15, 0.2) is 0 Å². The second-order valence-corrected chi connectivity index (χ2v) is 15.9. The third kappa shape index (κ3) is 4.02. The van der Waals surface area contributed by atoms with E-state index in [9.17, 15) is 0 Å². The second-order valence-electron chi connectivity index (χ2n) is 11.5. The van der Waals surface area contributed by atoms with Gasteiger partial charge in [-0.25, -0.2) is 4.98 Å². The van der Waals surface area contributed by atoms with E-state index in [0.717, 1.165) is 27.6 Å². The van der Waals surface area contributed by atoms with Crippen molar-refractivity contribution in [2.75, 3.05) is 0 Å². The van der Waals surface area contributed by atoms with Gasteiger partial charge >= 0.3 is 0 Å². The molecule has 2 nitrogen and oxygen atoms in total. The molecular formula is C41H27N2PS. The van der Waals surface area contributed by atoms with Crippen molar-refractivity contribution in [2.24, 2.45) is 0 Å². The fourth-order valence-electron chi connectivity index (χ4n) is 6.92. The van der Waals surface area contributed by atoms with Gasteiger partial charge in [0.1, 0.15) is 5.65 Å². The predicted molar refractivity (Wildman–Crippen MR) is 197 cm³/mol. The summed E-state index contributed by atoms with van der Waals surface area (Å²) in [5.74, 6) is 0. The minimum atomic E-state index is -2.26. The normalized spacial score (nSPS) is 12.1. The molecule has 0 saturated carbocycles. The number of nitrogens with zero attached hydrogens (tertiary/aromatic N) is 2. The van der Waals surface area contributed by atoms with Crippen LogP contribution in [0, 0.1) is 0 Å². The quantitative estimate of drug-likeness (QED) is 0.146. The first kappa shape index (κ1) is 26.3. The van der Waals surface area contributed by atoms with E-state index in [4.69, 9.17) is 16.8 Å². The van der Waals surface area contributed by atoms with Gasteiger partial charge in [-0.2, -0.15) is 0 Å². The molecule has 0 unspecified atom stereocenters. The van der Waals surface area contributed by atoms with Crippen LogP contribution in [0.5, 0.6) is 0 Å². The van der Waals surface area contributed by atoms with Gasteiger partial charge < -0.3 is 0 Å². The molecule has 7 aromatic carbocycles. The predicted octanol–water partition coefficient (Wildman–Crippen LogP) is 9.37. The zero-order valence-electron chi connectivity index (χ0n) is 24.3. The van der Waals surface area contributed by atoms with Crippen molar-refractivity contribution >= 4 is 82.9 Å². The molecule has 2 aromatic heterocycles. The SMILES string of the molecule is S=P(c1ccccc1)(c1ccccc1)c1ccc2ccc(-c3cccc4c3c3ccccc3n3c5ccccc5nc43)cc2c1. The van der Waals surface area contributed by atoms with Gasteiger partial charge in [-0.05, 0) is 68.1 Å². The van der Waals surface area contributed by atoms with Crippen LogP contribution in [0.3, 0.4) is 0 Å². The summed E-state index contributed by atoms with van der Waals surface area (Å²) in [7, 11) is 0. The molecule has 0 bridgehead atoms. The number of aromatic nitrogens is 2. The Morgan fingerprint density at radius 3 is 1.91 bits per heavy atom. The van der Waals surface area contributed by atoms with Gasteiger partial charge in [0, 0.05) is 22.2 Å². The highest BCUT2D eigenvalue weighted by atomic mass is 32.4. The summed E-state index contributed by atoms with van der Waals surface area (Å²) in [5.41, 5.74) is 6.67. The number of benzene rings is 7. The van der Waals surface area contributed by atoms with E-state index in [-0.39, 0.29) is 0 Å². The van der Waals surface area contributed by atoms with Gasteiger partial charge in [0.25, 0.3) is 0 Å². The highest BCUT2D eigenvalue weighted by Crippen LogP contribution is 2.44. The van der Waals surface area contributed by atoms with E-state index in [2.05, 4.69) is 168 Å². The molecular weight excluding hydrogens is 584 g/mol.